The highest BCUT2D eigenvalue weighted by Gasteiger charge is 2.27. The number of benzene rings is 2. The van der Waals surface area contributed by atoms with Gasteiger partial charge in [-0.1, -0.05) is 35.9 Å². The van der Waals surface area contributed by atoms with E-state index in [0.717, 1.165) is 23.2 Å². The molecule has 0 saturated heterocycles. The van der Waals surface area contributed by atoms with Crippen LogP contribution in [-0.2, 0) is 11.2 Å². The number of nitrogens with zero attached hydrogens (tertiary/aromatic N) is 1. The molecule has 3 rings (SSSR count). The van der Waals surface area contributed by atoms with E-state index < -0.39 is 6.03 Å². The van der Waals surface area contributed by atoms with E-state index in [1.807, 2.05) is 55.1 Å². The Hall–Kier alpha value is -2.82. The maximum Gasteiger partial charge on any atom is 0.325 e. The summed E-state index contributed by atoms with van der Waals surface area (Å²) in [5, 5.41) is 5.15. The van der Waals surface area contributed by atoms with Crippen molar-refractivity contribution in [2.24, 2.45) is 0 Å². The first-order chi connectivity index (χ1) is 11.9. The first kappa shape index (κ1) is 17.0. The molecule has 1 aliphatic rings. The molecule has 5 heteroatoms. The zero-order valence-corrected chi connectivity index (χ0v) is 14.8. The van der Waals surface area contributed by atoms with E-state index in [-0.39, 0.29) is 18.5 Å². The normalized spacial score (nSPS) is 15.6. The number of carbonyl (C=O) groups is 2. The summed E-state index contributed by atoms with van der Waals surface area (Å²) in [7, 11) is 0. The van der Waals surface area contributed by atoms with Gasteiger partial charge >= 0.3 is 6.03 Å². The van der Waals surface area contributed by atoms with Gasteiger partial charge in [0.15, 0.2) is 0 Å². The molecule has 0 unspecified atom stereocenters. The lowest BCUT2D eigenvalue weighted by Crippen LogP contribution is -2.43. The standard InChI is InChI=1S/C20H23N3O2/c1-13-8-9-17(14(2)10-13)21-20(25)22-19(24)12-23-15(3)11-16-6-4-5-7-18(16)23/h4-10,15H,11-12H2,1-3H3,(H2,21,22,24,25)/t15-/m1/s1. The summed E-state index contributed by atoms with van der Waals surface area (Å²) < 4.78 is 0. The quantitative estimate of drug-likeness (QED) is 0.902. The first-order valence-corrected chi connectivity index (χ1v) is 8.46. The van der Waals surface area contributed by atoms with E-state index in [9.17, 15) is 9.59 Å². The number of anilines is 2. The molecule has 0 bridgehead atoms. The van der Waals surface area contributed by atoms with E-state index >= 15 is 0 Å². The van der Waals surface area contributed by atoms with Crippen LogP contribution in [0, 0.1) is 13.8 Å². The number of aryl methyl sites for hydroxylation is 2. The monoisotopic (exact) mass is 337 g/mol. The van der Waals surface area contributed by atoms with E-state index in [2.05, 4.69) is 23.6 Å². The number of imide groups is 1. The molecule has 130 valence electrons. The van der Waals surface area contributed by atoms with Crippen molar-refractivity contribution < 1.29 is 9.59 Å². The van der Waals surface area contributed by atoms with Gasteiger partial charge in [-0.3, -0.25) is 10.1 Å². The van der Waals surface area contributed by atoms with Gasteiger partial charge in [0.2, 0.25) is 5.91 Å². The second-order valence-electron chi connectivity index (χ2n) is 6.63. The van der Waals surface area contributed by atoms with Crippen LogP contribution in [0.1, 0.15) is 23.6 Å². The molecule has 2 aromatic carbocycles. The molecule has 1 atom stereocenters. The van der Waals surface area contributed by atoms with Crippen molar-refractivity contribution in [1.82, 2.24) is 5.32 Å². The van der Waals surface area contributed by atoms with Gasteiger partial charge in [0, 0.05) is 17.4 Å². The lowest BCUT2D eigenvalue weighted by Gasteiger charge is -2.24. The summed E-state index contributed by atoms with van der Waals surface area (Å²) in [6.07, 6.45) is 0.915. The minimum atomic E-state index is -0.503. The average molecular weight is 337 g/mol. The van der Waals surface area contributed by atoms with Gasteiger partial charge in [-0.2, -0.15) is 0 Å². The molecule has 0 saturated carbocycles. The highest BCUT2D eigenvalue weighted by Crippen LogP contribution is 2.31. The molecule has 0 radical (unpaired) electrons. The number of fused-ring (bicyclic) bond motifs is 1. The Morgan fingerprint density at radius 3 is 2.68 bits per heavy atom. The third-order valence-electron chi connectivity index (χ3n) is 4.55. The van der Waals surface area contributed by atoms with Crippen molar-refractivity contribution in [3.8, 4) is 0 Å². The summed E-state index contributed by atoms with van der Waals surface area (Å²) in [4.78, 5) is 26.4. The fourth-order valence-electron chi connectivity index (χ4n) is 3.30. The predicted molar refractivity (Wildman–Crippen MR) is 100 cm³/mol. The number of hydrogen-bond donors (Lipinski definition) is 2. The number of nitrogens with one attached hydrogen (secondary N) is 2. The van der Waals surface area contributed by atoms with Crippen LogP contribution in [0.2, 0.25) is 0 Å². The van der Waals surface area contributed by atoms with Crippen LogP contribution in [0.15, 0.2) is 42.5 Å². The molecule has 3 amide bonds. The second-order valence-corrected chi connectivity index (χ2v) is 6.63. The minimum Gasteiger partial charge on any atom is -0.359 e. The highest BCUT2D eigenvalue weighted by atomic mass is 16.2. The van der Waals surface area contributed by atoms with Crippen LogP contribution in [0.5, 0.6) is 0 Å². The third-order valence-corrected chi connectivity index (χ3v) is 4.55. The molecule has 2 N–H and O–H groups in total. The van der Waals surface area contributed by atoms with E-state index in [4.69, 9.17) is 0 Å². The van der Waals surface area contributed by atoms with Crippen LogP contribution in [0.25, 0.3) is 0 Å². The van der Waals surface area contributed by atoms with Crippen LogP contribution in [0.4, 0.5) is 16.2 Å². The number of para-hydroxylation sites is 1. The lowest BCUT2D eigenvalue weighted by atomic mass is 10.1. The molecule has 2 aromatic rings. The summed E-state index contributed by atoms with van der Waals surface area (Å²) >= 11 is 0. The summed E-state index contributed by atoms with van der Waals surface area (Å²) in [6, 6.07) is 13.6. The topological polar surface area (TPSA) is 61.4 Å². The molecule has 1 aliphatic heterocycles. The van der Waals surface area contributed by atoms with Gasteiger partial charge in [0.1, 0.15) is 0 Å². The molecule has 0 aliphatic carbocycles. The Bertz CT molecular complexity index is 816. The fraction of sp³-hybridized carbons (Fsp3) is 0.300. The summed E-state index contributed by atoms with van der Waals surface area (Å²) in [6.45, 7) is 6.17. The zero-order chi connectivity index (χ0) is 18.0. The zero-order valence-electron chi connectivity index (χ0n) is 14.8. The molecule has 5 nitrogen and oxygen atoms in total. The molecule has 1 heterocycles. The molecular formula is C20H23N3O2. The maximum atomic E-state index is 12.3. The van der Waals surface area contributed by atoms with Gasteiger partial charge in [-0.05, 0) is 50.5 Å². The molecule has 0 aromatic heterocycles. The Balaban J connectivity index is 1.60. The van der Waals surface area contributed by atoms with Crippen LogP contribution in [0.3, 0.4) is 0 Å². The van der Waals surface area contributed by atoms with Crippen LogP contribution in [-0.4, -0.2) is 24.5 Å². The van der Waals surface area contributed by atoms with Gasteiger partial charge in [-0.15, -0.1) is 0 Å². The van der Waals surface area contributed by atoms with Crippen molar-refractivity contribution in [2.75, 3.05) is 16.8 Å². The molecule has 0 spiro atoms. The largest absolute Gasteiger partial charge is 0.359 e. The molecule has 25 heavy (non-hydrogen) atoms. The van der Waals surface area contributed by atoms with Gasteiger partial charge < -0.3 is 10.2 Å². The predicted octanol–water partition coefficient (Wildman–Crippen LogP) is 3.40. The Morgan fingerprint density at radius 1 is 1.16 bits per heavy atom. The van der Waals surface area contributed by atoms with E-state index in [1.165, 1.54) is 5.56 Å². The Morgan fingerprint density at radius 2 is 1.92 bits per heavy atom. The van der Waals surface area contributed by atoms with Crippen molar-refractivity contribution in [3.05, 3.63) is 59.2 Å². The maximum absolute atomic E-state index is 12.3. The third kappa shape index (κ3) is 3.82. The number of carbonyl (C=O) groups excluding carboxylic acids is 2. The molecule has 0 fully saturated rings. The highest BCUT2D eigenvalue weighted by molar-refractivity contribution is 6.02. The van der Waals surface area contributed by atoms with Crippen molar-refractivity contribution in [2.45, 2.75) is 33.2 Å². The molecular weight excluding hydrogens is 314 g/mol. The SMILES string of the molecule is Cc1ccc(NC(=O)NC(=O)CN2c3ccccc3C[C@H]2C)c(C)c1. The fourth-order valence-corrected chi connectivity index (χ4v) is 3.30. The Kier molecular flexibility index (Phi) is 4.74. The van der Waals surface area contributed by atoms with Crippen molar-refractivity contribution >= 4 is 23.3 Å². The van der Waals surface area contributed by atoms with Crippen molar-refractivity contribution in [1.29, 1.82) is 0 Å². The van der Waals surface area contributed by atoms with Crippen LogP contribution < -0.4 is 15.5 Å². The number of urea groups is 1. The number of hydrogen-bond acceptors (Lipinski definition) is 3. The van der Waals surface area contributed by atoms with Gasteiger partial charge in [0.25, 0.3) is 0 Å². The van der Waals surface area contributed by atoms with Gasteiger partial charge in [-0.25, -0.2) is 4.79 Å². The van der Waals surface area contributed by atoms with Gasteiger partial charge in [0.05, 0.1) is 6.54 Å². The minimum absolute atomic E-state index is 0.165. The number of rotatable bonds is 3. The average Bonchev–Trinajstić information content (AvgIpc) is 2.86. The second kappa shape index (κ2) is 6.97. The van der Waals surface area contributed by atoms with E-state index in [0.29, 0.717) is 5.69 Å². The smallest absolute Gasteiger partial charge is 0.325 e. The summed E-state index contributed by atoms with van der Waals surface area (Å²) in [5.41, 5.74) is 5.10. The van der Waals surface area contributed by atoms with E-state index in [1.54, 1.807) is 0 Å². The van der Waals surface area contributed by atoms with Crippen LogP contribution >= 0.6 is 0 Å². The number of amides is 3. The first-order valence-electron chi connectivity index (χ1n) is 8.46. The Labute approximate surface area is 148 Å². The lowest BCUT2D eigenvalue weighted by molar-refractivity contribution is -0.118. The van der Waals surface area contributed by atoms with Crippen molar-refractivity contribution in [3.63, 3.8) is 0 Å². The summed E-state index contributed by atoms with van der Waals surface area (Å²) in [5.74, 6) is -0.314.